The van der Waals surface area contributed by atoms with E-state index in [0.29, 0.717) is 11.5 Å². The van der Waals surface area contributed by atoms with Crippen molar-refractivity contribution >= 4 is 16.9 Å². The zero-order valence-corrected chi connectivity index (χ0v) is 11.6. The van der Waals surface area contributed by atoms with Crippen molar-refractivity contribution in [1.29, 1.82) is 0 Å². The molecule has 3 rings (SSSR count). The Labute approximate surface area is 120 Å². The number of H-pyrrole nitrogens is 1. The molecule has 7 heteroatoms. The number of methoxy groups -OCH3 is 1. The molecule has 3 aromatic rings. The number of aromatic amines is 1. The van der Waals surface area contributed by atoms with Crippen LogP contribution in [0.3, 0.4) is 0 Å². The Morgan fingerprint density at radius 3 is 2.95 bits per heavy atom. The third-order valence-corrected chi connectivity index (χ3v) is 3.28. The Morgan fingerprint density at radius 1 is 1.33 bits per heavy atom. The van der Waals surface area contributed by atoms with Gasteiger partial charge in [-0.3, -0.25) is 5.10 Å². The summed E-state index contributed by atoms with van der Waals surface area (Å²) in [6.45, 7) is 1.93. The van der Waals surface area contributed by atoms with Gasteiger partial charge in [-0.1, -0.05) is 6.07 Å². The maximum atomic E-state index is 13.8. The van der Waals surface area contributed by atoms with E-state index in [4.69, 9.17) is 4.74 Å². The summed E-state index contributed by atoms with van der Waals surface area (Å²) in [5.41, 5.74) is 1.45. The molecule has 0 spiro atoms. The maximum absolute atomic E-state index is 13.8. The second-order valence-corrected chi connectivity index (χ2v) is 4.61. The van der Waals surface area contributed by atoms with Gasteiger partial charge < -0.3 is 10.1 Å². The summed E-state index contributed by atoms with van der Waals surface area (Å²) in [7, 11) is 1.44. The minimum atomic E-state index is -0.389. The van der Waals surface area contributed by atoms with Crippen LogP contribution in [0.25, 0.3) is 11.0 Å². The molecular weight excluding hydrogens is 273 g/mol. The summed E-state index contributed by atoms with van der Waals surface area (Å²) in [6.07, 6.45) is 3.10. The number of hydrogen-bond donors (Lipinski definition) is 2. The first-order chi connectivity index (χ1) is 10.2. The number of halogens is 1. The van der Waals surface area contributed by atoms with Crippen LogP contribution in [0.5, 0.6) is 5.75 Å². The third kappa shape index (κ3) is 2.49. The first kappa shape index (κ1) is 13.3. The first-order valence-corrected chi connectivity index (χ1v) is 6.43. The number of aromatic nitrogens is 4. The van der Waals surface area contributed by atoms with Crippen LogP contribution in [-0.4, -0.2) is 27.3 Å². The Kier molecular flexibility index (Phi) is 3.39. The smallest absolute Gasteiger partial charge is 0.165 e. The third-order valence-electron chi connectivity index (χ3n) is 3.28. The lowest BCUT2D eigenvalue weighted by molar-refractivity contribution is 0.386. The summed E-state index contributed by atoms with van der Waals surface area (Å²) >= 11 is 0. The summed E-state index contributed by atoms with van der Waals surface area (Å²) in [5, 5.41) is 10.7. The van der Waals surface area contributed by atoms with Gasteiger partial charge in [-0.15, -0.1) is 0 Å². The average Bonchev–Trinajstić information content (AvgIpc) is 2.96. The van der Waals surface area contributed by atoms with Gasteiger partial charge in [-0.05, 0) is 24.6 Å². The molecule has 108 valence electrons. The predicted molar refractivity (Wildman–Crippen MR) is 76.7 cm³/mol. The SMILES string of the molecule is COc1ccc([C@H](C)Nc2ncnc3[nH]ncc23)cc1F. The van der Waals surface area contributed by atoms with Crippen molar-refractivity contribution in [2.45, 2.75) is 13.0 Å². The molecule has 1 atom stereocenters. The molecule has 0 aliphatic carbocycles. The lowest BCUT2D eigenvalue weighted by atomic mass is 10.1. The van der Waals surface area contributed by atoms with Gasteiger partial charge in [-0.2, -0.15) is 5.10 Å². The minimum absolute atomic E-state index is 0.126. The van der Waals surface area contributed by atoms with E-state index in [2.05, 4.69) is 25.5 Å². The predicted octanol–water partition coefficient (Wildman–Crippen LogP) is 2.67. The van der Waals surface area contributed by atoms with Gasteiger partial charge in [0.05, 0.1) is 24.7 Å². The van der Waals surface area contributed by atoms with E-state index in [1.807, 2.05) is 13.0 Å². The van der Waals surface area contributed by atoms with Gasteiger partial charge in [0.2, 0.25) is 0 Å². The highest BCUT2D eigenvalue weighted by molar-refractivity contribution is 5.85. The molecule has 0 fully saturated rings. The fraction of sp³-hybridized carbons (Fsp3) is 0.214. The van der Waals surface area contributed by atoms with Crippen molar-refractivity contribution in [3.8, 4) is 5.75 Å². The number of ether oxygens (including phenoxy) is 1. The van der Waals surface area contributed by atoms with Crippen LogP contribution in [0, 0.1) is 5.82 Å². The van der Waals surface area contributed by atoms with Gasteiger partial charge >= 0.3 is 0 Å². The molecule has 0 aliphatic heterocycles. The van der Waals surface area contributed by atoms with E-state index in [9.17, 15) is 4.39 Å². The van der Waals surface area contributed by atoms with Crippen molar-refractivity contribution in [3.05, 3.63) is 42.1 Å². The van der Waals surface area contributed by atoms with Crippen LogP contribution in [0.2, 0.25) is 0 Å². The highest BCUT2D eigenvalue weighted by atomic mass is 19.1. The summed E-state index contributed by atoms with van der Waals surface area (Å²) in [4.78, 5) is 8.27. The van der Waals surface area contributed by atoms with Crippen molar-refractivity contribution < 1.29 is 9.13 Å². The van der Waals surface area contributed by atoms with E-state index < -0.39 is 0 Å². The molecule has 2 N–H and O–H groups in total. The van der Waals surface area contributed by atoms with E-state index in [-0.39, 0.29) is 17.6 Å². The second kappa shape index (κ2) is 5.35. The Hall–Kier alpha value is -2.70. The van der Waals surface area contributed by atoms with Crippen LogP contribution in [0.15, 0.2) is 30.7 Å². The van der Waals surface area contributed by atoms with Crippen LogP contribution < -0.4 is 10.1 Å². The van der Waals surface area contributed by atoms with Crippen molar-refractivity contribution in [1.82, 2.24) is 20.2 Å². The molecule has 1 aromatic carbocycles. The average molecular weight is 287 g/mol. The number of anilines is 1. The number of fused-ring (bicyclic) bond motifs is 1. The van der Waals surface area contributed by atoms with Crippen molar-refractivity contribution in [3.63, 3.8) is 0 Å². The lowest BCUT2D eigenvalue weighted by Gasteiger charge is -2.16. The zero-order valence-electron chi connectivity index (χ0n) is 11.6. The minimum Gasteiger partial charge on any atom is -0.494 e. The van der Waals surface area contributed by atoms with Crippen LogP contribution >= 0.6 is 0 Å². The topological polar surface area (TPSA) is 75.7 Å². The van der Waals surface area contributed by atoms with Gasteiger partial charge in [-0.25, -0.2) is 14.4 Å². The second-order valence-electron chi connectivity index (χ2n) is 4.61. The molecule has 0 saturated carbocycles. The summed E-state index contributed by atoms with van der Waals surface area (Å²) < 4.78 is 18.7. The zero-order chi connectivity index (χ0) is 14.8. The van der Waals surface area contributed by atoms with Crippen LogP contribution in [0.1, 0.15) is 18.5 Å². The summed E-state index contributed by atoms with van der Waals surface area (Å²) in [6, 6.07) is 4.74. The summed E-state index contributed by atoms with van der Waals surface area (Å²) in [5.74, 6) is 0.488. The fourth-order valence-corrected chi connectivity index (χ4v) is 2.12. The Balaban J connectivity index is 1.87. The fourth-order valence-electron chi connectivity index (χ4n) is 2.12. The van der Waals surface area contributed by atoms with E-state index in [0.717, 1.165) is 10.9 Å². The molecule has 21 heavy (non-hydrogen) atoms. The molecule has 0 bridgehead atoms. The van der Waals surface area contributed by atoms with Crippen LogP contribution in [0.4, 0.5) is 10.2 Å². The van der Waals surface area contributed by atoms with Crippen LogP contribution in [-0.2, 0) is 0 Å². The number of hydrogen-bond acceptors (Lipinski definition) is 5. The van der Waals surface area contributed by atoms with Gasteiger partial charge in [0.1, 0.15) is 12.1 Å². The highest BCUT2D eigenvalue weighted by Crippen LogP contribution is 2.25. The lowest BCUT2D eigenvalue weighted by Crippen LogP contribution is -2.09. The van der Waals surface area contributed by atoms with Gasteiger partial charge in [0, 0.05) is 0 Å². The normalized spacial score (nSPS) is 12.3. The molecule has 2 aromatic heterocycles. The largest absolute Gasteiger partial charge is 0.494 e. The van der Waals surface area contributed by atoms with E-state index in [1.54, 1.807) is 12.3 Å². The first-order valence-electron chi connectivity index (χ1n) is 6.43. The quantitative estimate of drug-likeness (QED) is 0.771. The Bertz CT molecular complexity index is 773. The van der Waals surface area contributed by atoms with Gasteiger partial charge in [0.15, 0.2) is 17.2 Å². The maximum Gasteiger partial charge on any atom is 0.165 e. The number of rotatable bonds is 4. The van der Waals surface area contributed by atoms with E-state index >= 15 is 0 Å². The highest BCUT2D eigenvalue weighted by Gasteiger charge is 2.12. The molecule has 0 unspecified atom stereocenters. The molecule has 6 nitrogen and oxygen atoms in total. The standard InChI is InChI=1S/C14H14FN5O/c1-8(9-3-4-12(21-2)11(15)5-9)19-13-10-6-18-20-14(10)17-7-16-13/h3-8H,1-2H3,(H2,16,17,18,19,20)/t8-/m0/s1. The Morgan fingerprint density at radius 2 is 2.19 bits per heavy atom. The van der Waals surface area contributed by atoms with E-state index in [1.165, 1.54) is 19.5 Å². The number of nitrogens with one attached hydrogen (secondary N) is 2. The van der Waals surface area contributed by atoms with Crippen molar-refractivity contribution in [2.75, 3.05) is 12.4 Å². The molecule has 0 radical (unpaired) electrons. The molecule has 0 aliphatic rings. The molecular formula is C14H14FN5O. The van der Waals surface area contributed by atoms with Gasteiger partial charge in [0.25, 0.3) is 0 Å². The molecule has 0 amide bonds. The molecule has 0 saturated heterocycles. The number of nitrogens with zero attached hydrogens (tertiary/aromatic N) is 3. The molecule has 2 heterocycles. The van der Waals surface area contributed by atoms with Crippen molar-refractivity contribution in [2.24, 2.45) is 0 Å². The monoisotopic (exact) mass is 287 g/mol. The number of benzene rings is 1.